The number of amides is 1. The number of carbonyl (C=O) groups is 1. The second kappa shape index (κ2) is 6.47. The Labute approximate surface area is 143 Å². The van der Waals surface area contributed by atoms with E-state index in [9.17, 15) is 13.6 Å². The quantitative estimate of drug-likeness (QED) is 0.640. The van der Waals surface area contributed by atoms with Gasteiger partial charge in [0, 0.05) is 18.3 Å². The van der Waals surface area contributed by atoms with Crippen LogP contribution >= 0.6 is 0 Å². The molecule has 2 aromatic carbocycles. The highest BCUT2D eigenvalue weighted by molar-refractivity contribution is 6.04. The van der Waals surface area contributed by atoms with Crippen LogP contribution in [-0.4, -0.2) is 17.9 Å². The van der Waals surface area contributed by atoms with Crippen LogP contribution in [0.25, 0.3) is 11.1 Å². The number of benzene rings is 2. The van der Waals surface area contributed by atoms with Gasteiger partial charge in [-0.25, -0.2) is 4.98 Å². The van der Waals surface area contributed by atoms with E-state index in [-0.39, 0.29) is 11.2 Å². The van der Waals surface area contributed by atoms with E-state index in [1.807, 2.05) is 0 Å². The first-order valence-electron chi connectivity index (χ1n) is 7.63. The zero-order valence-corrected chi connectivity index (χ0v) is 13.6. The highest BCUT2D eigenvalue weighted by Crippen LogP contribution is 2.35. The predicted octanol–water partition coefficient (Wildman–Crippen LogP) is 4.53. The van der Waals surface area contributed by atoms with Gasteiger partial charge in [-0.2, -0.15) is 8.78 Å². The fourth-order valence-corrected chi connectivity index (χ4v) is 2.45. The van der Waals surface area contributed by atoms with Gasteiger partial charge < -0.3 is 9.32 Å². The lowest BCUT2D eigenvalue weighted by Crippen LogP contribution is -2.29. The maximum absolute atomic E-state index is 14.5. The summed E-state index contributed by atoms with van der Waals surface area (Å²) in [5.41, 5.74) is 0.989. The van der Waals surface area contributed by atoms with Crippen LogP contribution in [0.2, 0.25) is 0 Å². The van der Waals surface area contributed by atoms with Crippen LogP contribution in [-0.2, 0) is 10.7 Å². The summed E-state index contributed by atoms with van der Waals surface area (Å²) < 4.78 is 34.1. The van der Waals surface area contributed by atoms with Gasteiger partial charge in [-0.05, 0) is 24.3 Å². The molecule has 0 aliphatic carbocycles. The summed E-state index contributed by atoms with van der Waals surface area (Å²) >= 11 is 0. The van der Waals surface area contributed by atoms with Gasteiger partial charge in [0.05, 0.1) is 6.42 Å². The Morgan fingerprint density at radius 3 is 2.48 bits per heavy atom. The van der Waals surface area contributed by atoms with Crippen LogP contribution in [0.3, 0.4) is 0 Å². The molecule has 0 N–H and O–H groups in total. The van der Waals surface area contributed by atoms with Crippen molar-refractivity contribution in [2.75, 3.05) is 11.9 Å². The van der Waals surface area contributed by atoms with Crippen molar-refractivity contribution in [3.8, 4) is 0 Å². The lowest BCUT2D eigenvalue weighted by atomic mass is 10.1. The molecule has 0 unspecified atom stereocenters. The van der Waals surface area contributed by atoms with Gasteiger partial charge in [-0.3, -0.25) is 4.79 Å². The molecule has 0 aliphatic heterocycles. The van der Waals surface area contributed by atoms with Crippen molar-refractivity contribution in [3.05, 3.63) is 72.6 Å². The maximum atomic E-state index is 14.5. The Morgan fingerprint density at radius 2 is 1.80 bits per heavy atom. The zero-order valence-electron chi connectivity index (χ0n) is 13.6. The number of nitrogens with zero attached hydrogens (tertiary/aromatic N) is 2. The van der Waals surface area contributed by atoms with Crippen LogP contribution in [0.5, 0.6) is 0 Å². The molecule has 3 rings (SSSR count). The number of oxazole rings is 1. The minimum atomic E-state index is -3.43. The summed E-state index contributed by atoms with van der Waals surface area (Å²) in [4.78, 5) is 17.5. The Balaban J connectivity index is 1.77. The lowest BCUT2D eigenvalue weighted by Gasteiger charge is -2.20. The minimum Gasteiger partial charge on any atom is -0.435 e. The second-order valence-corrected chi connectivity index (χ2v) is 5.67. The summed E-state index contributed by atoms with van der Waals surface area (Å²) in [5.74, 6) is -4.73. The van der Waals surface area contributed by atoms with Gasteiger partial charge in [0.25, 0.3) is 11.8 Å². The molecule has 0 saturated heterocycles. The molecule has 0 saturated carbocycles. The molecular weight excluding hydrogens is 326 g/mol. The highest BCUT2D eigenvalue weighted by Gasteiger charge is 2.39. The van der Waals surface area contributed by atoms with Crippen LogP contribution in [0.1, 0.15) is 12.3 Å². The smallest absolute Gasteiger partial charge is 0.326 e. The van der Waals surface area contributed by atoms with E-state index in [1.54, 1.807) is 54.6 Å². The molecule has 3 aromatic rings. The molecule has 25 heavy (non-hydrogen) atoms. The average Bonchev–Trinajstić information content (AvgIpc) is 3.06. The number of halogens is 2. The van der Waals surface area contributed by atoms with Crippen molar-refractivity contribution in [1.82, 2.24) is 4.98 Å². The van der Waals surface area contributed by atoms with E-state index in [4.69, 9.17) is 4.42 Å². The van der Waals surface area contributed by atoms with E-state index in [0.717, 1.165) is 0 Å². The van der Waals surface area contributed by atoms with Crippen LogP contribution in [0.4, 0.5) is 14.5 Å². The standard InChI is InChI=1S/C19H16F2N2O2/c1-13(17(24)23(2)14-8-4-3-5-9-14)12-19(20,21)18-22-15-10-6-7-11-16(15)25-18/h3-11H,1,12H2,2H3. The van der Waals surface area contributed by atoms with E-state index in [1.165, 1.54) is 11.9 Å². The third kappa shape index (κ3) is 3.42. The average molecular weight is 342 g/mol. The zero-order chi connectivity index (χ0) is 18.0. The summed E-state index contributed by atoms with van der Waals surface area (Å²) in [5, 5.41) is 0. The molecule has 0 aliphatic rings. The Morgan fingerprint density at radius 1 is 1.16 bits per heavy atom. The van der Waals surface area contributed by atoms with Crippen molar-refractivity contribution in [3.63, 3.8) is 0 Å². The van der Waals surface area contributed by atoms with Gasteiger partial charge >= 0.3 is 5.92 Å². The fourth-order valence-electron chi connectivity index (χ4n) is 2.45. The molecule has 0 spiro atoms. The Hall–Kier alpha value is -3.02. The van der Waals surface area contributed by atoms with E-state index in [0.29, 0.717) is 11.2 Å². The second-order valence-electron chi connectivity index (χ2n) is 5.67. The number of para-hydroxylation sites is 3. The first-order valence-corrected chi connectivity index (χ1v) is 7.63. The molecule has 128 valence electrons. The normalized spacial score (nSPS) is 11.5. The Bertz CT molecular complexity index is 886. The molecule has 1 aromatic heterocycles. The summed E-state index contributed by atoms with van der Waals surface area (Å²) in [6.07, 6.45) is -0.865. The number of alkyl halides is 2. The SMILES string of the molecule is C=C(CC(F)(F)c1nc2ccccc2o1)C(=O)N(C)c1ccccc1. The van der Waals surface area contributed by atoms with Crippen LogP contribution in [0.15, 0.2) is 71.2 Å². The number of hydrogen-bond donors (Lipinski definition) is 0. The number of likely N-dealkylation sites (N-methyl/N-ethyl adjacent to an activating group) is 1. The number of fused-ring (bicyclic) bond motifs is 1. The molecule has 0 atom stereocenters. The summed E-state index contributed by atoms with van der Waals surface area (Å²) in [6, 6.07) is 15.2. The third-order valence-corrected chi connectivity index (χ3v) is 3.79. The molecule has 0 radical (unpaired) electrons. The lowest BCUT2D eigenvalue weighted by molar-refractivity contribution is -0.116. The molecule has 1 heterocycles. The molecule has 1 amide bonds. The number of anilines is 1. The van der Waals surface area contributed by atoms with E-state index < -0.39 is 24.1 Å². The molecule has 6 heteroatoms. The van der Waals surface area contributed by atoms with Gasteiger partial charge in [-0.1, -0.05) is 36.9 Å². The number of carbonyl (C=O) groups excluding carboxylic acids is 1. The monoisotopic (exact) mass is 342 g/mol. The molecule has 0 fully saturated rings. The molecular formula is C19H16F2N2O2. The van der Waals surface area contributed by atoms with Crippen molar-refractivity contribution < 1.29 is 18.0 Å². The van der Waals surface area contributed by atoms with E-state index >= 15 is 0 Å². The number of aromatic nitrogens is 1. The maximum Gasteiger partial charge on any atom is 0.326 e. The van der Waals surface area contributed by atoms with Gasteiger partial charge in [0.15, 0.2) is 5.58 Å². The fraction of sp³-hybridized carbons (Fsp3) is 0.158. The van der Waals surface area contributed by atoms with Crippen LogP contribution in [0, 0.1) is 0 Å². The van der Waals surface area contributed by atoms with E-state index in [2.05, 4.69) is 11.6 Å². The topological polar surface area (TPSA) is 46.3 Å². The van der Waals surface area contributed by atoms with Gasteiger partial charge in [-0.15, -0.1) is 0 Å². The number of rotatable bonds is 5. The summed E-state index contributed by atoms with van der Waals surface area (Å²) in [7, 11) is 1.51. The third-order valence-electron chi connectivity index (χ3n) is 3.79. The van der Waals surface area contributed by atoms with Crippen LogP contribution < -0.4 is 4.90 Å². The minimum absolute atomic E-state index is 0.224. The first kappa shape index (κ1) is 16.8. The van der Waals surface area contributed by atoms with Crippen molar-refractivity contribution >= 4 is 22.7 Å². The highest BCUT2D eigenvalue weighted by atomic mass is 19.3. The van der Waals surface area contributed by atoms with Crippen molar-refractivity contribution in [2.24, 2.45) is 0 Å². The summed E-state index contributed by atoms with van der Waals surface area (Å²) in [6.45, 7) is 3.53. The predicted molar refractivity (Wildman–Crippen MR) is 91.5 cm³/mol. The van der Waals surface area contributed by atoms with Gasteiger partial charge in [0.1, 0.15) is 5.52 Å². The largest absolute Gasteiger partial charge is 0.435 e. The molecule has 0 bridgehead atoms. The van der Waals surface area contributed by atoms with Gasteiger partial charge in [0.2, 0.25) is 0 Å². The number of hydrogen-bond acceptors (Lipinski definition) is 3. The van der Waals surface area contributed by atoms with Crippen molar-refractivity contribution in [1.29, 1.82) is 0 Å². The van der Waals surface area contributed by atoms with Crippen molar-refractivity contribution in [2.45, 2.75) is 12.3 Å². The molecule has 4 nitrogen and oxygen atoms in total. The first-order chi connectivity index (χ1) is 11.9. The Kier molecular flexibility index (Phi) is 4.35.